The van der Waals surface area contributed by atoms with E-state index in [1.54, 1.807) is 24.9 Å². The highest BCUT2D eigenvalue weighted by atomic mass is 16.3. The second-order valence-electron chi connectivity index (χ2n) is 10.0. The number of piperidine rings is 1. The van der Waals surface area contributed by atoms with Gasteiger partial charge >= 0.3 is 0 Å². The van der Waals surface area contributed by atoms with Crippen LogP contribution in [0.5, 0.6) is 0 Å². The predicted octanol–water partition coefficient (Wildman–Crippen LogP) is 5.76. The van der Waals surface area contributed by atoms with Gasteiger partial charge in [0.25, 0.3) is 0 Å². The van der Waals surface area contributed by atoms with Crippen LogP contribution < -0.4 is 10.6 Å². The standard InChI is InChI=1S/C30H27N7O2/c38-28(12-18-6-9-31-10-7-18)33-21-13-20(15-32-16-21)24-4-5-26-29(35-24)30(37-36-26)27-14-23-22(19-8-11-39-17-19)2-1-3-25(23)34-27/h1-5,8,11,13-18,31,34H,6-7,9-10,12H2,(H,33,38)(H,36,37). The molecule has 0 radical (unpaired) electrons. The molecule has 6 heterocycles. The van der Waals surface area contributed by atoms with E-state index in [1.165, 1.54) is 0 Å². The topological polar surface area (TPSA) is 125 Å². The number of aromatic amines is 2. The maximum absolute atomic E-state index is 12.6. The molecule has 9 heteroatoms. The molecule has 1 amide bonds. The van der Waals surface area contributed by atoms with Gasteiger partial charge in [0.15, 0.2) is 0 Å². The van der Waals surface area contributed by atoms with Gasteiger partial charge in [-0.1, -0.05) is 12.1 Å². The highest BCUT2D eigenvalue weighted by molar-refractivity contribution is 6.00. The highest BCUT2D eigenvalue weighted by Crippen LogP contribution is 2.34. The molecular formula is C30H27N7O2. The maximum Gasteiger partial charge on any atom is 0.224 e. The molecule has 1 saturated heterocycles. The third-order valence-electron chi connectivity index (χ3n) is 7.41. The van der Waals surface area contributed by atoms with Gasteiger partial charge in [-0.3, -0.25) is 14.9 Å². The van der Waals surface area contributed by atoms with Crippen molar-refractivity contribution in [2.75, 3.05) is 18.4 Å². The van der Waals surface area contributed by atoms with Gasteiger partial charge in [0.05, 0.1) is 41.3 Å². The first kappa shape index (κ1) is 23.4. The summed E-state index contributed by atoms with van der Waals surface area (Å²) in [6.45, 7) is 1.95. The number of pyridine rings is 2. The van der Waals surface area contributed by atoms with E-state index in [1.807, 2.05) is 36.4 Å². The SMILES string of the molecule is O=C(CC1CCNCC1)Nc1cncc(-c2ccc3[nH]nc(-c4cc5c(-c6ccoc6)cccc5[nH]4)c3n2)c1. The molecule has 1 aromatic carbocycles. The Morgan fingerprint density at radius 2 is 1.95 bits per heavy atom. The van der Waals surface area contributed by atoms with Crippen LogP contribution in [0.15, 0.2) is 77.9 Å². The number of fused-ring (bicyclic) bond motifs is 2. The van der Waals surface area contributed by atoms with Crippen molar-refractivity contribution in [2.45, 2.75) is 19.3 Å². The zero-order valence-electron chi connectivity index (χ0n) is 21.2. The van der Waals surface area contributed by atoms with Gasteiger partial charge in [0.2, 0.25) is 5.91 Å². The number of furan rings is 1. The van der Waals surface area contributed by atoms with Gasteiger partial charge in [-0.25, -0.2) is 4.98 Å². The third kappa shape index (κ3) is 4.57. The van der Waals surface area contributed by atoms with Crippen LogP contribution in [0.2, 0.25) is 0 Å². The summed E-state index contributed by atoms with van der Waals surface area (Å²) in [5, 5.41) is 15.1. The number of H-pyrrole nitrogens is 2. The lowest BCUT2D eigenvalue weighted by molar-refractivity contribution is -0.117. The Balaban J connectivity index is 1.19. The Bertz CT molecular complexity index is 1780. The molecular weight excluding hydrogens is 490 g/mol. The molecule has 0 saturated carbocycles. The molecule has 0 aliphatic carbocycles. The first-order valence-corrected chi connectivity index (χ1v) is 13.2. The second kappa shape index (κ2) is 9.85. The summed E-state index contributed by atoms with van der Waals surface area (Å²) in [5.41, 5.74) is 8.55. The molecule has 7 rings (SSSR count). The number of anilines is 1. The summed E-state index contributed by atoms with van der Waals surface area (Å²) >= 11 is 0. The molecule has 4 N–H and O–H groups in total. The Morgan fingerprint density at radius 3 is 2.82 bits per heavy atom. The number of amides is 1. The van der Waals surface area contributed by atoms with E-state index in [4.69, 9.17) is 9.40 Å². The molecule has 39 heavy (non-hydrogen) atoms. The number of benzene rings is 1. The summed E-state index contributed by atoms with van der Waals surface area (Å²) in [6, 6.07) is 16.0. The fourth-order valence-electron chi connectivity index (χ4n) is 5.41. The number of hydrogen-bond acceptors (Lipinski definition) is 6. The van der Waals surface area contributed by atoms with Gasteiger partial charge in [-0.2, -0.15) is 5.10 Å². The summed E-state index contributed by atoms with van der Waals surface area (Å²) in [6.07, 6.45) is 9.45. The molecule has 0 spiro atoms. The van der Waals surface area contributed by atoms with Crippen molar-refractivity contribution in [1.29, 1.82) is 0 Å². The van der Waals surface area contributed by atoms with Crippen LogP contribution in [0.1, 0.15) is 19.3 Å². The summed E-state index contributed by atoms with van der Waals surface area (Å²) in [7, 11) is 0. The van der Waals surface area contributed by atoms with Crippen molar-refractivity contribution < 1.29 is 9.21 Å². The van der Waals surface area contributed by atoms with Crippen LogP contribution in [0.3, 0.4) is 0 Å². The normalized spacial score (nSPS) is 14.3. The molecule has 5 aromatic heterocycles. The first-order valence-electron chi connectivity index (χ1n) is 13.2. The van der Waals surface area contributed by atoms with Crippen molar-refractivity contribution in [2.24, 2.45) is 5.92 Å². The van der Waals surface area contributed by atoms with Crippen molar-refractivity contribution in [3.8, 4) is 33.8 Å². The minimum absolute atomic E-state index is 0.0231. The second-order valence-corrected chi connectivity index (χ2v) is 10.0. The summed E-state index contributed by atoms with van der Waals surface area (Å²) in [4.78, 5) is 25.5. The number of nitrogens with zero attached hydrogens (tertiary/aromatic N) is 3. The van der Waals surface area contributed by atoms with Gasteiger partial charge in [0, 0.05) is 34.6 Å². The Morgan fingerprint density at radius 1 is 1.03 bits per heavy atom. The van der Waals surface area contributed by atoms with E-state index in [0.29, 0.717) is 18.0 Å². The van der Waals surface area contributed by atoms with Crippen LogP contribution >= 0.6 is 0 Å². The Kier molecular flexibility index (Phi) is 5.90. The van der Waals surface area contributed by atoms with E-state index < -0.39 is 0 Å². The fraction of sp³-hybridized carbons (Fsp3) is 0.200. The Labute approximate surface area is 224 Å². The fourth-order valence-corrected chi connectivity index (χ4v) is 5.41. The third-order valence-corrected chi connectivity index (χ3v) is 7.41. The minimum Gasteiger partial charge on any atom is -0.472 e. The van der Waals surface area contributed by atoms with Crippen LogP contribution in [0, 0.1) is 5.92 Å². The molecule has 0 bridgehead atoms. The Hall–Kier alpha value is -4.76. The van der Waals surface area contributed by atoms with Crippen molar-refractivity contribution in [3.63, 3.8) is 0 Å². The number of rotatable bonds is 6. The summed E-state index contributed by atoms with van der Waals surface area (Å²) < 4.78 is 5.31. The quantitative estimate of drug-likeness (QED) is 0.223. The molecule has 1 aliphatic heterocycles. The number of hydrogen-bond donors (Lipinski definition) is 4. The van der Waals surface area contributed by atoms with Crippen molar-refractivity contribution >= 4 is 33.5 Å². The average Bonchev–Trinajstić information content (AvgIpc) is 3.73. The van der Waals surface area contributed by atoms with E-state index in [0.717, 1.165) is 81.6 Å². The van der Waals surface area contributed by atoms with Crippen molar-refractivity contribution in [3.05, 3.63) is 73.5 Å². The zero-order chi connectivity index (χ0) is 26.2. The van der Waals surface area contributed by atoms with Crippen LogP contribution in [-0.2, 0) is 4.79 Å². The largest absolute Gasteiger partial charge is 0.472 e. The monoisotopic (exact) mass is 517 g/mol. The van der Waals surface area contributed by atoms with Crippen LogP contribution in [0.4, 0.5) is 5.69 Å². The molecule has 1 aliphatic rings. The number of aromatic nitrogens is 5. The molecule has 194 valence electrons. The van der Waals surface area contributed by atoms with E-state index in [9.17, 15) is 4.79 Å². The minimum atomic E-state index is 0.0231. The van der Waals surface area contributed by atoms with Gasteiger partial charge in [-0.05, 0) is 73.8 Å². The van der Waals surface area contributed by atoms with Crippen LogP contribution in [0.25, 0.3) is 55.7 Å². The summed E-state index contributed by atoms with van der Waals surface area (Å²) in [5.74, 6) is 0.446. The molecule has 0 atom stereocenters. The van der Waals surface area contributed by atoms with E-state index >= 15 is 0 Å². The van der Waals surface area contributed by atoms with Gasteiger partial charge in [0.1, 0.15) is 11.2 Å². The van der Waals surface area contributed by atoms with E-state index in [2.05, 4.69) is 42.9 Å². The van der Waals surface area contributed by atoms with Gasteiger partial charge in [-0.15, -0.1) is 0 Å². The molecule has 1 fully saturated rings. The molecule has 6 aromatic rings. The maximum atomic E-state index is 12.6. The number of carbonyl (C=O) groups excluding carboxylic acids is 1. The van der Waals surface area contributed by atoms with Crippen LogP contribution in [-0.4, -0.2) is 44.1 Å². The lowest BCUT2D eigenvalue weighted by atomic mass is 9.94. The molecule has 9 nitrogen and oxygen atoms in total. The average molecular weight is 518 g/mol. The molecule has 0 unspecified atom stereocenters. The van der Waals surface area contributed by atoms with E-state index in [-0.39, 0.29) is 5.91 Å². The number of carbonyl (C=O) groups is 1. The lowest BCUT2D eigenvalue weighted by Crippen LogP contribution is -2.30. The number of nitrogens with one attached hydrogen (secondary N) is 4. The van der Waals surface area contributed by atoms with Crippen molar-refractivity contribution in [1.82, 2.24) is 30.5 Å². The smallest absolute Gasteiger partial charge is 0.224 e. The van der Waals surface area contributed by atoms with Gasteiger partial charge < -0.3 is 20.0 Å². The predicted molar refractivity (Wildman–Crippen MR) is 151 cm³/mol. The zero-order valence-corrected chi connectivity index (χ0v) is 21.2. The first-order chi connectivity index (χ1) is 19.2. The lowest BCUT2D eigenvalue weighted by Gasteiger charge is -2.21. The highest BCUT2D eigenvalue weighted by Gasteiger charge is 2.18.